The molecular weight excluding hydrogens is 280 g/mol. The Balaban J connectivity index is 1.65. The number of rotatable bonds is 4. The largest absolute Gasteiger partial charge is 0.378 e. The van der Waals surface area contributed by atoms with E-state index in [0.717, 1.165) is 18.7 Å². The van der Waals surface area contributed by atoms with E-state index in [1.807, 2.05) is 40.6 Å². The van der Waals surface area contributed by atoms with E-state index in [1.54, 1.807) is 0 Å². The highest BCUT2D eigenvalue weighted by Crippen LogP contribution is 2.24. The number of nitrogens with zero attached hydrogens (tertiary/aromatic N) is 1. The van der Waals surface area contributed by atoms with Crippen LogP contribution < -0.4 is 5.32 Å². The van der Waals surface area contributed by atoms with E-state index >= 15 is 0 Å². The summed E-state index contributed by atoms with van der Waals surface area (Å²) in [5.41, 5.74) is 1.32. The number of aryl methyl sites for hydroxylation is 1. The Bertz CT molecular complexity index is 568. The van der Waals surface area contributed by atoms with Gasteiger partial charge in [-0.1, -0.05) is 0 Å². The summed E-state index contributed by atoms with van der Waals surface area (Å²) in [6.45, 7) is 2.15. The van der Waals surface area contributed by atoms with Crippen LogP contribution in [0.2, 0.25) is 0 Å². The van der Waals surface area contributed by atoms with Crippen LogP contribution in [-0.2, 0) is 12.8 Å². The van der Waals surface area contributed by atoms with Gasteiger partial charge in [-0.2, -0.15) is 0 Å². The van der Waals surface area contributed by atoms with Crippen LogP contribution in [0.15, 0.2) is 29.4 Å². The maximum Gasteiger partial charge on any atom is 0.0979 e. The molecule has 94 valence electrons. The molecule has 0 atom stereocenters. The lowest BCUT2D eigenvalue weighted by Crippen LogP contribution is -2.07. The first kappa shape index (κ1) is 12.3. The molecule has 0 fully saturated rings. The van der Waals surface area contributed by atoms with Gasteiger partial charge in [-0.3, -0.25) is 0 Å². The average Bonchev–Trinajstić information content (AvgIpc) is 3.04. The monoisotopic (exact) mass is 294 g/mol. The molecule has 0 bridgehead atoms. The Morgan fingerprint density at radius 2 is 2.17 bits per heavy atom. The summed E-state index contributed by atoms with van der Waals surface area (Å²) in [5.74, 6) is 1.01. The van der Waals surface area contributed by atoms with Crippen LogP contribution in [0, 0.1) is 6.92 Å². The lowest BCUT2D eigenvalue weighted by atomic mass is 10.3. The fraction of sp³-hybridized carbons (Fsp3) is 0.308. The van der Waals surface area contributed by atoms with E-state index in [-0.39, 0.29) is 0 Å². The maximum atomic E-state index is 4.53. The van der Waals surface area contributed by atoms with Crippen molar-refractivity contribution in [2.75, 3.05) is 5.88 Å². The summed E-state index contributed by atoms with van der Waals surface area (Å²) in [6, 6.07) is 4.39. The molecule has 18 heavy (non-hydrogen) atoms. The molecule has 0 saturated heterocycles. The van der Waals surface area contributed by atoms with E-state index in [0.29, 0.717) is 0 Å². The van der Waals surface area contributed by atoms with Gasteiger partial charge in [-0.05, 0) is 24.5 Å². The Morgan fingerprint density at radius 1 is 1.22 bits per heavy atom. The number of nitrogens with one attached hydrogen (secondary N) is 1. The summed E-state index contributed by atoms with van der Waals surface area (Å²) in [4.78, 5) is 8.65. The van der Waals surface area contributed by atoms with Gasteiger partial charge in [-0.25, -0.2) is 4.98 Å². The topological polar surface area (TPSA) is 24.9 Å². The summed E-state index contributed by atoms with van der Waals surface area (Å²) in [6.07, 6.45) is 3.99. The number of thiophene rings is 1. The summed E-state index contributed by atoms with van der Waals surface area (Å²) in [5, 5.41) is 6.80. The molecule has 0 unspecified atom stereocenters. The quantitative estimate of drug-likeness (QED) is 0.929. The van der Waals surface area contributed by atoms with Crippen molar-refractivity contribution in [3.63, 3.8) is 0 Å². The van der Waals surface area contributed by atoms with E-state index in [9.17, 15) is 0 Å². The van der Waals surface area contributed by atoms with Gasteiger partial charge in [0.25, 0.3) is 0 Å². The SMILES string of the molecule is Cc1ccc(Cc2ncc(CC3=CSCN3)s2)s1. The molecule has 1 N–H and O–H groups in total. The minimum atomic E-state index is 0.977. The van der Waals surface area contributed by atoms with Crippen molar-refractivity contribution >= 4 is 34.4 Å². The Hall–Kier alpha value is -0.780. The highest BCUT2D eigenvalue weighted by molar-refractivity contribution is 8.02. The molecule has 3 heterocycles. The molecular formula is C13H14N2S3. The van der Waals surface area contributed by atoms with E-state index in [4.69, 9.17) is 0 Å². The van der Waals surface area contributed by atoms with Gasteiger partial charge >= 0.3 is 0 Å². The van der Waals surface area contributed by atoms with Gasteiger partial charge < -0.3 is 5.32 Å². The molecule has 0 aromatic carbocycles. The van der Waals surface area contributed by atoms with Crippen LogP contribution in [0.25, 0.3) is 0 Å². The zero-order valence-corrected chi connectivity index (χ0v) is 12.6. The summed E-state index contributed by atoms with van der Waals surface area (Å²) < 4.78 is 0. The van der Waals surface area contributed by atoms with Crippen LogP contribution in [0.3, 0.4) is 0 Å². The molecule has 1 aliphatic heterocycles. The number of hydrogen-bond donors (Lipinski definition) is 1. The van der Waals surface area contributed by atoms with Crippen molar-refractivity contribution in [2.45, 2.75) is 19.8 Å². The zero-order valence-electron chi connectivity index (χ0n) is 10.1. The van der Waals surface area contributed by atoms with Gasteiger partial charge in [0.2, 0.25) is 0 Å². The predicted molar refractivity (Wildman–Crippen MR) is 81.4 cm³/mol. The van der Waals surface area contributed by atoms with Crippen molar-refractivity contribution in [1.82, 2.24) is 10.3 Å². The highest BCUT2D eigenvalue weighted by atomic mass is 32.2. The Kier molecular flexibility index (Phi) is 3.72. The Labute approximate surface area is 119 Å². The van der Waals surface area contributed by atoms with E-state index in [2.05, 4.69) is 34.8 Å². The van der Waals surface area contributed by atoms with Gasteiger partial charge in [0.1, 0.15) is 0 Å². The third-order valence-electron chi connectivity index (χ3n) is 2.70. The van der Waals surface area contributed by atoms with Crippen LogP contribution in [0.1, 0.15) is 19.6 Å². The van der Waals surface area contributed by atoms with Crippen LogP contribution in [0.4, 0.5) is 0 Å². The summed E-state index contributed by atoms with van der Waals surface area (Å²) >= 11 is 5.52. The van der Waals surface area contributed by atoms with Crippen molar-refractivity contribution in [3.05, 3.63) is 49.1 Å². The molecule has 1 aliphatic rings. The summed E-state index contributed by atoms with van der Waals surface area (Å²) in [7, 11) is 0. The normalized spacial score (nSPS) is 14.6. The van der Waals surface area contributed by atoms with Gasteiger partial charge in [-0.15, -0.1) is 34.4 Å². The van der Waals surface area contributed by atoms with E-state index < -0.39 is 0 Å². The molecule has 2 nitrogen and oxygen atoms in total. The van der Waals surface area contributed by atoms with Gasteiger partial charge in [0.15, 0.2) is 0 Å². The second kappa shape index (κ2) is 5.47. The molecule has 2 aromatic rings. The fourth-order valence-corrected chi connectivity index (χ4v) is 4.53. The first-order chi connectivity index (χ1) is 8.79. The maximum absolute atomic E-state index is 4.53. The number of allylic oxidation sites excluding steroid dienone is 1. The number of thiazole rings is 1. The number of aromatic nitrogens is 1. The second-order valence-electron chi connectivity index (χ2n) is 4.22. The molecule has 3 rings (SSSR count). The molecule has 0 amide bonds. The third kappa shape index (κ3) is 2.96. The van der Waals surface area contributed by atoms with Crippen molar-refractivity contribution < 1.29 is 0 Å². The first-order valence-corrected chi connectivity index (χ1v) is 8.51. The molecule has 0 radical (unpaired) electrons. The smallest absolute Gasteiger partial charge is 0.0979 e. The first-order valence-electron chi connectivity index (χ1n) is 5.83. The number of thioether (sulfide) groups is 1. The molecule has 2 aromatic heterocycles. The van der Waals surface area contributed by atoms with Crippen molar-refractivity contribution in [3.8, 4) is 0 Å². The highest BCUT2D eigenvalue weighted by Gasteiger charge is 2.09. The lowest BCUT2D eigenvalue weighted by Gasteiger charge is -1.99. The number of hydrogen-bond acceptors (Lipinski definition) is 5. The standard InChI is InChI=1S/C13H14N2S3/c1-9-2-3-11(17-9)5-13-14-6-12(18-13)4-10-7-16-8-15-10/h2-3,6-7,15H,4-5,8H2,1H3. The molecule has 5 heteroatoms. The van der Waals surface area contributed by atoms with Crippen LogP contribution in [0.5, 0.6) is 0 Å². The van der Waals surface area contributed by atoms with Crippen molar-refractivity contribution in [2.24, 2.45) is 0 Å². The van der Waals surface area contributed by atoms with Crippen LogP contribution in [-0.4, -0.2) is 10.9 Å². The fourth-order valence-electron chi connectivity index (χ4n) is 1.85. The molecule has 0 aliphatic carbocycles. The second-order valence-corrected chi connectivity index (χ2v) is 7.65. The van der Waals surface area contributed by atoms with E-state index in [1.165, 1.54) is 25.3 Å². The molecule has 0 saturated carbocycles. The van der Waals surface area contributed by atoms with Gasteiger partial charge in [0, 0.05) is 39.4 Å². The third-order valence-corrected chi connectivity index (χ3v) is 5.46. The minimum absolute atomic E-state index is 0.977. The van der Waals surface area contributed by atoms with Crippen LogP contribution >= 0.6 is 34.4 Å². The van der Waals surface area contributed by atoms with Crippen molar-refractivity contribution in [1.29, 1.82) is 0 Å². The lowest BCUT2D eigenvalue weighted by molar-refractivity contribution is 0.926. The minimum Gasteiger partial charge on any atom is -0.378 e. The van der Waals surface area contributed by atoms with Gasteiger partial charge in [0.05, 0.1) is 10.9 Å². The predicted octanol–water partition coefficient (Wildman–Crippen LogP) is 3.78. The molecule has 0 spiro atoms. The average molecular weight is 294 g/mol. The zero-order chi connectivity index (χ0) is 12.4. The Morgan fingerprint density at radius 3 is 2.89 bits per heavy atom.